The van der Waals surface area contributed by atoms with E-state index in [-0.39, 0.29) is 23.6 Å². The third kappa shape index (κ3) is 3.02. The zero-order valence-electron chi connectivity index (χ0n) is 13.3. The molecule has 2 aromatic rings. The van der Waals surface area contributed by atoms with Crippen molar-refractivity contribution in [1.29, 1.82) is 0 Å². The fourth-order valence-electron chi connectivity index (χ4n) is 2.32. The maximum absolute atomic E-state index is 12.7. The number of imidazole rings is 1. The summed E-state index contributed by atoms with van der Waals surface area (Å²) in [5.74, 6) is -0.672. The number of fused-ring (bicyclic) bond motifs is 1. The van der Waals surface area contributed by atoms with Gasteiger partial charge in [0.1, 0.15) is 0 Å². The van der Waals surface area contributed by atoms with Crippen LogP contribution in [0.25, 0.3) is 11.0 Å². The first kappa shape index (κ1) is 17.2. The first-order chi connectivity index (χ1) is 10.9. The van der Waals surface area contributed by atoms with Gasteiger partial charge in [0, 0.05) is 13.1 Å². The van der Waals surface area contributed by atoms with Gasteiger partial charge in [0.15, 0.2) is 0 Å². The molecule has 2 rings (SSSR count). The normalized spacial score (nSPS) is 12.0. The number of esters is 1. The lowest BCUT2D eigenvalue weighted by Crippen LogP contribution is -2.35. The summed E-state index contributed by atoms with van der Waals surface area (Å²) in [7, 11) is -3.86. The second-order valence-corrected chi connectivity index (χ2v) is 6.53. The Kier molecular flexibility index (Phi) is 4.90. The van der Waals surface area contributed by atoms with Crippen molar-refractivity contribution in [2.45, 2.75) is 20.8 Å². The third-order valence-corrected chi connectivity index (χ3v) is 5.43. The number of aromatic nitrogens is 2. The van der Waals surface area contributed by atoms with Crippen LogP contribution in [0.1, 0.15) is 31.1 Å². The minimum absolute atomic E-state index is 0.145. The zero-order valence-corrected chi connectivity index (χ0v) is 14.1. The van der Waals surface area contributed by atoms with Crippen molar-refractivity contribution in [2.75, 3.05) is 25.4 Å². The van der Waals surface area contributed by atoms with E-state index in [0.29, 0.717) is 18.6 Å². The summed E-state index contributed by atoms with van der Waals surface area (Å²) in [6.45, 7) is 6.01. The second-order valence-electron chi connectivity index (χ2n) is 4.75. The lowest BCUT2D eigenvalue weighted by atomic mass is 10.2. The molecule has 1 heterocycles. The molecule has 0 aliphatic heterocycles. The molecule has 0 saturated heterocycles. The van der Waals surface area contributed by atoms with E-state index in [1.807, 2.05) is 0 Å². The maximum atomic E-state index is 12.7. The SMILES string of the molecule is CCOC(=O)c1ccc2nc(N)n(S(=O)(=O)N(CC)CC)c2c1. The quantitative estimate of drug-likeness (QED) is 0.793. The van der Waals surface area contributed by atoms with Crippen LogP contribution in [0.2, 0.25) is 0 Å². The first-order valence-corrected chi connectivity index (χ1v) is 8.72. The van der Waals surface area contributed by atoms with Crippen molar-refractivity contribution in [3.8, 4) is 0 Å². The molecule has 126 valence electrons. The minimum Gasteiger partial charge on any atom is -0.462 e. The molecule has 1 aromatic heterocycles. The highest BCUT2D eigenvalue weighted by atomic mass is 32.2. The molecule has 0 aliphatic carbocycles. The Balaban J connectivity index is 2.66. The summed E-state index contributed by atoms with van der Waals surface area (Å²) >= 11 is 0. The molecule has 0 unspecified atom stereocenters. The summed E-state index contributed by atoms with van der Waals surface area (Å²) in [6.07, 6.45) is 0. The largest absolute Gasteiger partial charge is 0.462 e. The van der Waals surface area contributed by atoms with Crippen LogP contribution >= 0.6 is 0 Å². The van der Waals surface area contributed by atoms with Gasteiger partial charge in [-0.2, -0.15) is 16.7 Å². The number of benzene rings is 1. The molecule has 23 heavy (non-hydrogen) atoms. The summed E-state index contributed by atoms with van der Waals surface area (Å²) in [6, 6.07) is 4.51. The molecule has 0 saturated carbocycles. The number of hydrogen-bond acceptors (Lipinski definition) is 6. The Morgan fingerprint density at radius 1 is 1.30 bits per heavy atom. The lowest BCUT2D eigenvalue weighted by Gasteiger charge is -2.19. The van der Waals surface area contributed by atoms with Crippen LogP contribution in [0, 0.1) is 0 Å². The Morgan fingerprint density at radius 3 is 2.52 bits per heavy atom. The predicted octanol–water partition coefficient (Wildman–Crippen LogP) is 1.23. The van der Waals surface area contributed by atoms with Crippen molar-refractivity contribution in [3.63, 3.8) is 0 Å². The first-order valence-electron chi connectivity index (χ1n) is 7.32. The van der Waals surface area contributed by atoms with Gasteiger partial charge < -0.3 is 10.5 Å². The fourth-order valence-corrected chi connectivity index (χ4v) is 3.88. The minimum atomic E-state index is -3.86. The van der Waals surface area contributed by atoms with Crippen LogP contribution in [-0.4, -0.2) is 47.3 Å². The van der Waals surface area contributed by atoms with Gasteiger partial charge in [-0.25, -0.2) is 9.78 Å². The molecule has 0 fully saturated rings. The number of hydrogen-bond donors (Lipinski definition) is 1. The van der Waals surface area contributed by atoms with Crippen LogP contribution in [-0.2, 0) is 14.9 Å². The maximum Gasteiger partial charge on any atom is 0.338 e. The van der Waals surface area contributed by atoms with Gasteiger partial charge in [-0.3, -0.25) is 0 Å². The van der Waals surface area contributed by atoms with Crippen molar-refractivity contribution in [2.24, 2.45) is 0 Å². The van der Waals surface area contributed by atoms with Gasteiger partial charge in [-0.05, 0) is 25.1 Å². The van der Waals surface area contributed by atoms with Crippen LogP contribution < -0.4 is 5.73 Å². The smallest absolute Gasteiger partial charge is 0.338 e. The van der Waals surface area contributed by atoms with Crippen molar-refractivity contribution >= 4 is 33.2 Å². The number of rotatable bonds is 6. The number of carbonyl (C=O) groups is 1. The third-order valence-electron chi connectivity index (χ3n) is 3.41. The Hall–Kier alpha value is -2.13. The number of anilines is 1. The number of nitrogens with two attached hydrogens (primary N) is 1. The second kappa shape index (κ2) is 6.55. The summed E-state index contributed by atoms with van der Waals surface area (Å²) < 4.78 is 32.7. The lowest BCUT2D eigenvalue weighted by molar-refractivity contribution is 0.0526. The molecule has 0 bridgehead atoms. The number of carbonyl (C=O) groups excluding carboxylic acids is 1. The molecule has 0 aliphatic rings. The predicted molar refractivity (Wildman–Crippen MR) is 87.3 cm³/mol. The van der Waals surface area contributed by atoms with E-state index in [2.05, 4.69) is 4.98 Å². The van der Waals surface area contributed by atoms with Gasteiger partial charge >= 0.3 is 16.2 Å². The molecule has 8 nitrogen and oxygen atoms in total. The Morgan fingerprint density at radius 2 is 1.96 bits per heavy atom. The number of nitrogens with zero attached hydrogens (tertiary/aromatic N) is 3. The molecule has 1 aromatic carbocycles. The van der Waals surface area contributed by atoms with E-state index < -0.39 is 16.2 Å². The van der Waals surface area contributed by atoms with Crippen molar-refractivity contribution in [3.05, 3.63) is 23.8 Å². The monoisotopic (exact) mass is 340 g/mol. The average Bonchev–Trinajstić information content (AvgIpc) is 2.83. The summed E-state index contributed by atoms with van der Waals surface area (Å²) in [4.78, 5) is 15.9. The van der Waals surface area contributed by atoms with E-state index in [9.17, 15) is 13.2 Å². The highest BCUT2D eigenvalue weighted by Gasteiger charge is 2.26. The van der Waals surface area contributed by atoms with Crippen LogP contribution in [0.3, 0.4) is 0 Å². The van der Waals surface area contributed by atoms with E-state index in [1.165, 1.54) is 16.4 Å². The van der Waals surface area contributed by atoms with Crippen LogP contribution in [0.4, 0.5) is 5.95 Å². The summed E-state index contributed by atoms with van der Waals surface area (Å²) in [5, 5.41) is 0. The van der Waals surface area contributed by atoms with Gasteiger partial charge in [0.05, 0.1) is 23.2 Å². The molecular weight excluding hydrogens is 320 g/mol. The average molecular weight is 340 g/mol. The van der Waals surface area contributed by atoms with Crippen LogP contribution in [0.5, 0.6) is 0 Å². The number of nitrogen functional groups attached to an aromatic ring is 1. The Bertz CT molecular complexity index is 825. The summed E-state index contributed by atoms with van der Waals surface area (Å²) in [5.41, 5.74) is 6.69. The molecule has 9 heteroatoms. The molecule has 0 atom stereocenters. The molecule has 0 amide bonds. The molecule has 2 N–H and O–H groups in total. The van der Waals surface area contributed by atoms with Crippen molar-refractivity contribution in [1.82, 2.24) is 13.3 Å². The fraction of sp³-hybridized carbons (Fsp3) is 0.429. The molecule has 0 radical (unpaired) electrons. The van der Waals surface area contributed by atoms with E-state index in [4.69, 9.17) is 10.5 Å². The van der Waals surface area contributed by atoms with Gasteiger partial charge in [-0.15, -0.1) is 0 Å². The van der Waals surface area contributed by atoms with E-state index in [0.717, 1.165) is 3.97 Å². The van der Waals surface area contributed by atoms with Crippen molar-refractivity contribution < 1.29 is 17.9 Å². The van der Waals surface area contributed by atoms with Gasteiger partial charge in [0.25, 0.3) is 0 Å². The standard InChI is InChI=1S/C14H20N4O4S/c1-4-17(5-2)23(20,21)18-12-9-10(13(19)22-6-3)7-8-11(12)16-14(18)15/h7-9H,4-6H2,1-3H3,(H2,15,16). The number of ether oxygens (including phenoxy) is 1. The van der Waals surface area contributed by atoms with E-state index >= 15 is 0 Å². The Labute approximate surface area is 135 Å². The highest BCUT2D eigenvalue weighted by Crippen LogP contribution is 2.23. The van der Waals surface area contributed by atoms with Crippen LogP contribution in [0.15, 0.2) is 18.2 Å². The topological polar surface area (TPSA) is 108 Å². The molecule has 0 spiro atoms. The van der Waals surface area contributed by atoms with Gasteiger partial charge in [-0.1, -0.05) is 13.8 Å². The highest BCUT2D eigenvalue weighted by molar-refractivity contribution is 7.87. The van der Waals surface area contributed by atoms with Gasteiger partial charge in [0.2, 0.25) is 5.95 Å². The molecular formula is C14H20N4O4S. The van der Waals surface area contributed by atoms with E-state index in [1.54, 1.807) is 26.8 Å². The zero-order chi connectivity index (χ0) is 17.2.